The van der Waals surface area contributed by atoms with Crippen molar-refractivity contribution in [3.63, 3.8) is 0 Å². The van der Waals surface area contributed by atoms with Crippen molar-refractivity contribution in [3.05, 3.63) is 94.2 Å². The zero-order valence-electron chi connectivity index (χ0n) is 27.8. The topological polar surface area (TPSA) is 49.8 Å². The second-order valence-corrected chi connectivity index (χ2v) is 18.4. The van der Waals surface area contributed by atoms with Crippen LogP contribution in [0.4, 0.5) is 4.39 Å². The molecule has 2 heterocycles. The Morgan fingerprint density at radius 2 is 1.73 bits per heavy atom. The van der Waals surface area contributed by atoms with Gasteiger partial charge in [0.15, 0.2) is 6.29 Å². The van der Waals surface area contributed by atoms with E-state index in [-0.39, 0.29) is 35.8 Å². The van der Waals surface area contributed by atoms with E-state index >= 15 is 4.39 Å². The van der Waals surface area contributed by atoms with E-state index in [1.165, 1.54) is 10.4 Å². The highest BCUT2D eigenvalue weighted by atomic mass is 32.1. The maximum Gasteiger partial charge on any atom is 0.261 e. The Kier molecular flexibility index (Phi) is 13.3. The quantitative estimate of drug-likeness (QED) is 0.155. The SMILES string of the molecule is C/C(=C\c1csc(C)n1)[C@H](C/C=C(\F)COC[C@H](C)COC1CCCCO1)O[Si](c1ccccc1)(c1ccccc1)C(C)(C)C. The summed E-state index contributed by atoms with van der Waals surface area (Å²) in [4.78, 5) is 4.66. The average Bonchev–Trinajstić information content (AvgIpc) is 3.45. The van der Waals surface area contributed by atoms with Gasteiger partial charge < -0.3 is 18.6 Å². The Hall–Kier alpha value is -2.46. The molecular formula is C37H50FNO4SSi. The highest BCUT2D eigenvalue weighted by molar-refractivity contribution is 7.09. The first kappa shape index (κ1) is 35.4. The van der Waals surface area contributed by atoms with Gasteiger partial charge in [0, 0.05) is 17.9 Å². The molecule has 45 heavy (non-hydrogen) atoms. The number of aromatic nitrogens is 1. The van der Waals surface area contributed by atoms with Crippen molar-refractivity contribution in [2.45, 2.75) is 84.7 Å². The largest absolute Gasteiger partial charge is 0.400 e. The lowest BCUT2D eigenvalue weighted by Gasteiger charge is -2.45. The summed E-state index contributed by atoms with van der Waals surface area (Å²) in [6, 6.07) is 21.1. The van der Waals surface area contributed by atoms with Crippen LogP contribution < -0.4 is 10.4 Å². The van der Waals surface area contributed by atoms with Gasteiger partial charge in [-0.25, -0.2) is 9.37 Å². The Bertz CT molecular complexity index is 1330. The van der Waals surface area contributed by atoms with Gasteiger partial charge in [-0.15, -0.1) is 11.3 Å². The maximum absolute atomic E-state index is 15.3. The minimum Gasteiger partial charge on any atom is -0.400 e. The molecule has 1 unspecified atom stereocenters. The van der Waals surface area contributed by atoms with Gasteiger partial charge in [0.25, 0.3) is 8.32 Å². The normalized spacial score (nSPS) is 18.2. The summed E-state index contributed by atoms with van der Waals surface area (Å²) >= 11 is 1.62. The van der Waals surface area contributed by atoms with Gasteiger partial charge in [-0.05, 0) is 72.7 Å². The highest BCUT2D eigenvalue weighted by Crippen LogP contribution is 2.39. The van der Waals surface area contributed by atoms with Gasteiger partial charge in [-0.2, -0.15) is 0 Å². The van der Waals surface area contributed by atoms with Crippen LogP contribution in [0.1, 0.15) is 71.0 Å². The van der Waals surface area contributed by atoms with Crippen LogP contribution in [0.3, 0.4) is 0 Å². The van der Waals surface area contributed by atoms with E-state index < -0.39 is 8.32 Å². The van der Waals surface area contributed by atoms with Crippen molar-refractivity contribution < 1.29 is 23.0 Å². The molecule has 0 amide bonds. The molecular weight excluding hydrogens is 602 g/mol. The van der Waals surface area contributed by atoms with Gasteiger partial charge in [0.2, 0.25) is 0 Å². The first-order chi connectivity index (χ1) is 21.6. The van der Waals surface area contributed by atoms with Crippen molar-refractivity contribution in [1.29, 1.82) is 0 Å². The summed E-state index contributed by atoms with van der Waals surface area (Å²) in [5.74, 6) is -0.159. The molecule has 0 radical (unpaired) electrons. The summed E-state index contributed by atoms with van der Waals surface area (Å²) in [7, 11) is -2.89. The molecule has 5 nitrogen and oxygen atoms in total. The Morgan fingerprint density at radius 1 is 1.07 bits per heavy atom. The van der Waals surface area contributed by atoms with E-state index in [4.69, 9.17) is 18.6 Å². The zero-order valence-corrected chi connectivity index (χ0v) is 29.6. The molecule has 1 saturated heterocycles. The lowest BCUT2D eigenvalue weighted by atomic mass is 10.1. The first-order valence-corrected chi connectivity index (χ1v) is 18.9. The van der Waals surface area contributed by atoms with Gasteiger partial charge in [-0.1, -0.05) is 88.4 Å². The Balaban J connectivity index is 1.55. The summed E-state index contributed by atoms with van der Waals surface area (Å²) in [5, 5.41) is 5.22. The standard InChI is InChI=1S/C37H50FNO4SSi/c1-28(25-42-36-19-13-14-22-41-36)24-40-26-31(38)20-21-35(29(2)23-32-27-44-30(3)39-32)43-45(37(4,5)6,33-15-9-7-10-16-33)34-17-11-8-12-18-34/h7-12,15-18,20,23,27-28,35-36H,13-14,19,21-22,24-26H2,1-6H3/b29-23+,31-20-/t28-,35-,36?/m0/s1. The van der Waals surface area contributed by atoms with Gasteiger partial charge >= 0.3 is 0 Å². The third-order valence-electron chi connectivity index (χ3n) is 8.16. The number of rotatable bonds is 15. The van der Waals surface area contributed by atoms with Crippen LogP contribution in [0, 0.1) is 12.8 Å². The molecule has 1 aliphatic heterocycles. The smallest absolute Gasteiger partial charge is 0.261 e. The fourth-order valence-corrected chi connectivity index (χ4v) is 11.1. The Labute approximate surface area is 274 Å². The molecule has 3 aromatic rings. The van der Waals surface area contributed by atoms with Crippen LogP contribution in [0.2, 0.25) is 5.04 Å². The van der Waals surface area contributed by atoms with E-state index in [0.717, 1.165) is 42.1 Å². The van der Waals surface area contributed by atoms with E-state index in [1.807, 2.05) is 31.4 Å². The van der Waals surface area contributed by atoms with E-state index in [9.17, 15) is 0 Å². The third-order valence-corrected chi connectivity index (χ3v) is 14.0. The number of aryl methyl sites for hydroxylation is 1. The molecule has 0 aliphatic carbocycles. The summed E-state index contributed by atoms with van der Waals surface area (Å²) in [5.41, 5.74) is 1.91. The second-order valence-electron chi connectivity index (χ2n) is 13.1. The lowest BCUT2D eigenvalue weighted by Crippen LogP contribution is -2.67. The van der Waals surface area contributed by atoms with Crippen LogP contribution >= 0.6 is 11.3 Å². The number of ether oxygens (including phenoxy) is 3. The molecule has 244 valence electrons. The first-order valence-electron chi connectivity index (χ1n) is 16.1. The Morgan fingerprint density at radius 3 is 2.29 bits per heavy atom. The van der Waals surface area contributed by atoms with Gasteiger partial charge in [0.05, 0.1) is 36.6 Å². The van der Waals surface area contributed by atoms with Crippen molar-refractivity contribution >= 4 is 36.1 Å². The van der Waals surface area contributed by atoms with Crippen LogP contribution in [0.25, 0.3) is 6.08 Å². The van der Waals surface area contributed by atoms with Crippen molar-refractivity contribution in [2.75, 3.05) is 26.4 Å². The number of hydrogen-bond donors (Lipinski definition) is 0. The number of nitrogens with zero attached hydrogens (tertiary/aromatic N) is 1. The van der Waals surface area contributed by atoms with E-state index in [2.05, 4.69) is 87.3 Å². The summed E-state index contributed by atoms with van der Waals surface area (Å²) in [6.45, 7) is 14.5. The number of thiazole rings is 1. The highest BCUT2D eigenvalue weighted by Gasteiger charge is 2.51. The molecule has 0 N–H and O–H groups in total. The van der Waals surface area contributed by atoms with Crippen molar-refractivity contribution in [2.24, 2.45) is 5.92 Å². The molecule has 0 saturated carbocycles. The molecule has 8 heteroatoms. The maximum atomic E-state index is 15.3. The average molecular weight is 652 g/mol. The van der Waals surface area contributed by atoms with Crippen LogP contribution in [-0.4, -0.2) is 52.1 Å². The fraction of sp³-hybridized carbons (Fsp3) is 0.486. The monoisotopic (exact) mass is 651 g/mol. The number of hydrogen-bond acceptors (Lipinski definition) is 6. The van der Waals surface area contributed by atoms with E-state index in [0.29, 0.717) is 19.6 Å². The predicted molar refractivity (Wildman–Crippen MR) is 186 cm³/mol. The molecule has 2 aromatic carbocycles. The fourth-order valence-electron chi connectivity index (χ4n) is 5.82. The second kappa shape index (κ2) is 16.9. The molecule has 1 aromatic heterocycles. The zero-order chi connectivity index (χ0) is 32.3. The summed E-state index contributed by atoms with van der Waals surface area (Å²) < 4.78 is 40.1. The molecule has 1 aliphatic rings. The van der Waals surface area contributed by atoms with Crippen molar-refractivity contribution in [1.82, 2.24) is 4.98 Å². The van der Waals surface area contributed by atoms with Crippen LogP contribution in [-0.2, 0) is 18.6 Å². The lowest BCUT2D eigenvalue weighted by molar-refractivity contribution is -0.170. The van der Waals surface area contributed by atoms with Crippen LogP contribution in [0.15, 0.2) is 83.5 Å². The molecule has 3 atom stereocenters. The van der Waals surface area contributed by atoms with E-state index in [1.54, 1.807) is 17.4 Å². The molecule has 1 fully saturated rings. The van der Waals surface area contributed by atoms with Gasteiger partial charge in [0.1, 0.15) is 5.83 Å². The minimum atomic E-state index is -2.89. The number of benzene rings is 2. The van der Waals surface area contributed by atoms with Crippen molar-refractivity contribution in [3.8, 4) is 0 Å². The third kappa shape index (κ3) is 10.0. The van der Waals surface area contributed by atoms with Gasteiger partial charge in [-0.3, -0.25) is 0 Å². The summed E-state index contributed by atoms with van der Waals surface area (Å²) in [6.07, 6.45) is 6.73. The molecule has 4 rings (SSSR count). The molecule has 0 bridgehead atoms. The molecule has 0 spiro atoms. The number of halogens is 1. The predicted octanol–water partition coefficient (Wildman–Crippen LogP) is 8.24. The van der Waals surface area contributed by atoms with Crippen LogP contribution in [0.5, 0.6) is 0 Å². The minimum absolute atomic E-state index is 0.0791.